The van der Waals surface area contributed by atoms with Crippen molar-refractivity contribution in [2.45, 2.75) is 105 Å². The molecule has 4 heteroatoms. The molecule has 0 aromatic rings. The highest BCUT2D eigenvalue weighted by molar-refractivity contribution is 8.13. The van der Waals surface area contributed by atoms with Crippen molar-refractivity contribution in [2.24, 2.45) is 40.4 Å². The maximum Gasteiger partial charge on any atom is 0.302 e. The fraction of sp³-hybridized carbons (Fsp3) is 0.857. The first-order valence-corrected chi connectivity index (χ1v) is 14.2. The molecule has 3 nitrogen and oxygen atoms in total. The van der Waals surface area contributed by atoms with Gasteiger partial charge < -0.3 is 4.74 Å². The molecule has 0 heterocycles. The van der Waals surface area contributed by atoms with Crippen molar-refractivity contribution in [1.29, 1.82) is 0 Å². The molecule has 0 unspecified atom stereocenters. The third kappa shape index (κ3) is 4.34. The Bertz CT molecular complexity index is 760. The first-order chi connectivity index (χ1) is 15.2. The van der Waals surface area contributed by atoms with Crippen molar-refractivity contribution in [3.63, 3.8) is 0 Å². The number of hydrogen-bond acceptors (Lipinski definition) is 4. The fourth-order valence-electron chi connectivity index (χ4n) is 8.72. The fourth-order valence-corrected chi connectivity index (χ4v) is 9.30. The summed E-state index contributed by atoms with van der Waals surface area (Å²) in [7, 11) is 0. The zero-order valence-electron chi connectivity index (χ0n) is 21.0. The zero-order valence-corrected chi connectivity index (χ0v) is 21.8. The van der Waals surface area contributed by atoms with Gasteiger partial charge in [-0.3, -0.25) is 9.59 Å². The van der Waals surface area contributed by atoms with E-state index in [2.05, 4.69) is 33.8 Å². The molecule has 3 saturated carbocycles. The minimum absolute atomic E-state index is 0.0857. The Morgan fingerprint density at radius 1 is 1.16 bits per heavy atom. The second-order valence-corrected chi connectivity index (χ2v) is 13.1. The van der Waals surface area contributed by atoms with Gasteiger partial charge >= 0.3 is 5.97 Å². The summed E-state index contributed by atoms with van der Waals surface area (Å²) in [6, 6.07) is 0. The summed E-state index contributed by atoms with van der Waals surface area (Å²) >= 11 is 1.49. The van der Waals surface area contributed by atoms with E-state index in [1.807, 2.05) is 0 Å². The van der Waals surface area contributed by atoms with Crippen LogP contribution in [0.1, 0.15) is 98.8 Å². The van der Waals surface area contributed by atoms with Crippen molar-refractivity contribution < 1.29 is 14.3 Å². The lowest BCUT2D eigenvalue weighted by Crippen LogP contribution is -2.51. The van der Waals surface area contributed by atoms with Crippen LogP contribution in [0.4, 0.5) is 0 Å². The number of fused-ring (bicyclic) bond motifs is 5. The zero-order chi connectivity index (χ0) is 23.1. The second kappa shape index (κ2) is 9.47. The van der Waals surface area contributed by atoms with Gasteiger partial charge in [0.25, 0.3) is 0 Å². The van der Waals surface area contributed by atoms with Gasteiger partial charge in [-0.05, 0) is 97.5 Å². The molecule has 0 radical (unpaired) electrons. The molecule has 4 rings (SSSR count). The van der Waals surface area contributed by atoms with Crippen LogP contribution in [0.15, 0.2) is 11.6 Å². The lowest BCUT2D eigenvalue weighted by Gasteiger charge is -2.58. The van der Waals surface area contributed by atoms with Gasteiger partial charge in [0, 0.05) is 19.8 Å². The number of allylic oxidation sites excluding steroid dienone is 1. The van der Waals surface area contributed by atoms with Gasteiger partial charge in [-0.2, -0.15) is 0 Å². The van der Waals surface area contributed by atoms with Crippen molar-refractivity contribution in [2.75, 3.05) is 5.75 Å². The number of rotatable bonds is 6. The van der Waals surface area contributed by atoms with Gasteiger partial charge in [-0.15, -0.1) is 0 Å². The quantitative estimate of drug-likeness (QED) is 0.311. The highest BCUT2D eigenvalue weighted by Gasteiger charge is 2.59. The van der Waals surface area contributed by atoms with Crippen LogP contribution in [-0.2, 0) is 14.3 Å². The minimum atomic E-state index is -0.137. The first-order valence-electron chi connectivity index (χ1n) is 13.2. The third-order valence-corrected chi connectivity index (χ3v) is 11.1. The molecule has 4 aliphatic rings. The molecule has 0 amide bonds. The summed E-state index contributed by atoms with van der Waals surface area (Å²) in [5, 5.41) is 0.380. The van der Waals surface area contributed by atoms with Crippen molar-refractivity contribution in [3.8, 4) is 0 Å². The number of hydrogen-bond donors (Lipinski definition) is 0. The number of carbonyl (C=O) groups is 2. The summed E-state index contributed by atoms with van der Waals surface area (Å²) in [5.41, 5.74) is 2.32. The Labute approximate surface area is 199 Å². The van der Waals surface area contributed by atoms with Gasteiger partial charge in [0.2, 0.25) is 0 Å². The molecular formula is C28H44O3S. The van der Waals surface area contributed by atoms with Gasteiger partial charge in [0.15, 0.2) is 5.12 Å². The second-order valence-electron chi connectivity index (χ2n) is 11.8. The Balaban J connectivity index is 1.46. The lowest BCUT2D eigenvalue weighted by molar-refractivity contribution is -0.148. The molecule has 3 fully saturated rings. The molecule has 0 bridgehead atoms. The van der Waals surface area contributed by atoms with Gasteiger partial charge in [0.1, 0.15) is 6.10 Å². The number of ether oxygens (including phenoxy) is 1. The van der Waals surface area contributed by atoms with E-state index in [9.17, 15) is 9.59 Å². The Morgan fingerprint density at radius 2 is 1.94 bits per heavy atom. The largest absolute Gasteiger partial charge is 0.462 e. The molecule has 4 aliphatic carbocycles. The SMILES string of the molecule is CCSC(=O)CC[C@@H](C)[C@H]1CC[C@H]2[C@@H]3CC=C4C[C@@H](OC(C)=O)CC[C@]4(C)[C@H]3CC[C@]12C. The Kier molecular flexibility index (Phi) is 7.21. The number of esters is 1. The van der Waals surface area contributed by atoms with Gasteiger partial charge in [0.05, 0.1) is 0 Å². The monoisotopic (exact) mass is 460 g/mol. The van der Waals surface area contributed by atoms with Crippen molar-refractivity contribution in [1.82, 2.24) is 0 Å². The van der Waals surface area contributed by atoms with E-state index in [4.69, 9.17) is 4.74 Å². The summed E-state index contributed by atoms with van der Waals surface area (Å²) < 4.78 is 5.60. The van der Waals surface area contributed by atoms with Crippen LogP contribution in [0, 0.1) is 40.4 Å². The van der Waals surface area contributed by atoms with Crippen molar-refractivity contribution in [3.05, 3.63) is 11.6 Å². The highest BCUT2D eigenvalue weighted by Crippen LogP contribution is 2.67. The third-order valence-electron chi connectivity index (χ3n) is 10.3. The van der Waals surface area contributed by atoms with E-state index >= 15 is 0 Å². The van der Waals surface area contributed by atoms with Crippen LogP contribution in [0.3, 0.4) is 0 Å². The van der Waals surface area contributed by atoms with E-state index < -0.39 is 0 Å². The van der Waals surface area contributed by atoms with Crippen LogP contribution in [0.5, 0.6) is 0 Å². The van der Waals surface area contributed by atoms with E-state index in [1.165, 1.54) is 57.2 Å². The molecule has 0 aromatic heterocycles. The Morgan fingerprint density at radius 3 is 2.66 bits per heavy atom. The molecule has 0 aromatic carbocycles. The Hall–Kier alpha value is -0.770. The summed E-state index contributed by atoms with van der Waals surface area (Å²) in [4.78, 5) is 23.6. The summed E-state index contributed by atoms with van der Waals surface area (Å²) in [5.74, 6) is 4.60. The molecule has 0 aliphatic heterocycles. The van der Waals surface area contributed by atoms with Gasteiger partial charge in [-0.1, -0.05) is 51.1 Å². The minimum Gasteiger partial charge on any atom is -0.462 e. The smallest absolute Gasteiger partial charge is 0.302 e. The molecule has 0 N–H and O–H groups in total. The summed E-state index contributed by atoms with van der Waals surface area (Å²) in [6.07, 6.45) is 14.2. The van der Waals surface area contributed by atoms with E-state index in [1.54, 1.807) is 5.57 Å². The highest BCUT2D eigenvalue weighted by atomic mass is 32.2. The predicted octanol–water partition coefficient (Wildman–Crippen LogP) is 7.19. The molecule has 0 saturated heterocycles. The summed E-state index contributed by atoms with van der Waals surface area (Å²) in [6.45, 7) is 11.2. The maximum absolute atomic E-state index is 12.1. The topological polar surface area (TPSA) is 43.4 Å². The standard InChI is InChI=1S/C28H44O3S/c1-6-32-26(30)12-7-18(2)23-10-11-24-22-9-8-20-17-21(31-19(3)29)13-15-27(20,4)25(22)14-16-28(23,24)5/h8,18,21-25H,6-7,9-17H2,1-5H3/t18-,21+,22+,23-,24+,25+,27+,28-/m1/s1. The van der Waals surface area contributed by atoms with Gasteiger partial charge in [-0.25, -0.2) is 0 Å². The van der Waals surface area contributed by atoms with Crippen LogP contribution >= 0.6 is 11.8 Å². The van der Waals surface area contributed by atoms with Crippen LogP contribution in [0.25, 0.3) is 0 Å². The van der Waals surface area contributed by atoms with Crippen LogP contribution in [0.2, 0.25) is 0 Å². The van der Waals surface area contributed by atoms with E-state index in [-0.39, 0.29) is 12.1 Å². The first kappa shape index (κ1) is 24.4. The number of thioether (sulfide) groups is 1. The molecule has 8 atom stereocenters. The normalized spacial score (nSPS) is 41.7. The molecular weight excluding hydrogens is 416 g/mol. The molecule has 0 spiro atoms. The van der Waals surface area contributed by atoms with Crippen LogP contribution < -0.4 is 0 Å². The molecule has 180 valence electrons. The van der Waals surface area contributed by atoms with Crippen molar-refractivity contribution >= 4 is 22.8 Å². The average Bonchev–Trinajstić information content (AvgIpc) is 3.09. The average molecular weight is 461 g/mol. The van der Waals surface area contributed by atoms with E-state index in [0.717, 1.165) is 55.1 Å². The predicted molar refractivity (Wildman–Crippen MR) is 132 cm³/mol. The maximum atomic E-state index is 12.1. The lowest BCUT2D eigenvalue weighted by atomic mass is 9.47. The number of carbonyl (C=O) groups excluding carboxylic acids is 2. The molecule has 32 heavy (non-hydrogen) atoms. The van der Waals surface area contributed by atoms with Crippen LogP contribution in [-0.4, -0.2) is 22.9 Å². The van der Waals surface area contributed by atoms with E-state index in [0.29, 0.717) is 21.9 Å².